The van der Waals surface area contributed by atoms with Crippen LogP contribution in [0.4, 0.5) is 5.00 Å². The van der Waals surface area contributed by atoms with Gasteiger partial charge in [-0.3, -0.25) is 14.9 Å². The molecule has 7 heteroatoms. The number of rotatable bonds is 4. The second-order valence-corrected chi connectivity index (χ2v) is 5.62. The molecule has 110 valence electrons. The number of aromatic nitrogens is 1. The summed E-state index contributed by atoms with van der Waals surface area (Å²) in [5.74, 6) is 0.417. The fourth-order valence-corrected chi connectivity index (χ4v) is 2.85. The Hall–Kier alpha value is -2.28. The fraction of sp³-hybridized carbons (Fsp3) is 0.286. The zero-order valence-corrected chi connectivity index (χ0v) is 12.9. The van der Waals surface area contributed by atoms with Crippen LogP contribution in [0.5, 0.6) is 5.75 Å². The second-order valence-electron chi connectivity index (χ2n) is 4.61. The standard InChI is InChI=1S/C14H14N2O4S/c1-7-5-10(20-4)8(2)9(3)12(7)13(17)14-15-6-11(21-14)16(18)19/h5-6H,1-4H3. The number of ether oxygens (including phenoxy) is 1. The average Bonchev–Trinajstić information content (AvgIpc) is 2.92. The number of methoxy groups -OCH3 is 1. The van der Waals surface area contributed by atoms with Gasteiger partial charge in [-0.1, -0.05) is 0 Å². The topological polar surface area (TPSA) is 82.3 Å². The summed E-state index contributed by atoms with van der Waals surface area (Å²) in [7, 11) is 1.58. The molecule has 0 aliphatic carbocycles. The van der Waals surface area contributed by atoms with Crippen molar-refractivity contribution >= 4 is 22.1 Å². The highest BCUT2D eigenvalue weighted by molar-refractivity contribution is 7.16. The lowest BCUT2D eigenvalue weighted by Gasteiger charge is -2.14. The molecule has 0 atom stereocenters. The third-order valence-corrected chi connectivity index (χ3v) is 4.31. The Labute approximate surface area is 125 Å². The third kappa shape index (κ3) is 2.64. The van der Waals surface area contributed by atoms with Crippen molar-refractivity contribution in [2.45, 2.75) is 20.8 Å². The average molecular weight is 306 g/mol. The van der Waals surface area contributed by atoms with Crippen LogP contribution in [0.2, 0.25) is 0 Å². The van der Waals surface area contributed by atoms with E-state index in [1.807, 2.05) is 20.8 Å². The highest BCUT2D eigenvalue weighted by atomic mass is 32.1. The number of hydrogen-bond acceptors (Lipinski definition) is 6. The van der Waals surface area contributed by atoms with Crippen LogP contribution in [0.25, 0.3) is 0 Å². The molecule has 1 aromatic carbocycles. The summed E-state index contributed by atoms with van der Waals surface area (Å²) in [6.07, 6.45) is 1.11. The molecule has 0 aliphatic rings. The summed E-state index contributed by atoms with van der Waals surface area (Å²) < 4.78 is 5.27. The predicted octanol–water partition coefficient (Wildman–Crippen LogP) is 3.22. The number of nitrogens with zero attached hydrogens (tertiary/aromatic N) is 2. The molecule has 0 unspecified atom stereocenters. The third-order valence-electron chi connectivity index (χ3n) is 3.36. The van der Waals surface area contributed by atoms with Crippen molar-refractivity contribution in [1.82, 2.24) is 4.98 Å². The molecular weight excluding hydrogens is 292 g/mol. The lowest BCUT2D eigenvalue weighted by atomic mass is 9.94. The van der Waals surface area contributed by atoms with E-state index in [4.69, 9.17) is 4.74 Å². The monoisotopic (exact) mass is 306 g/mol. The van der Waals surface area contributed by atoms with Crippen molar-refractivity contribution in [3.63, 3.8) is 0 Å². The summed E-state index contributed by atoms with van der Waals surface area (Å²) in [5.41, 5.74) is 2.96. The van der Waals surface area contributed by atoms with Crippen molar-refractivity contribution in [3.05, 3.63) is 49.6 Å². The quantitative estimate of drug-likeness (QED) is 0.492. The maximum atomic E-state index is 12.6. The molecule has 0 aliphatic heterocycles. The SMILES string of the molecule is COc1cc(C)c(C(=O)c2ncc([N+](=O)[O-])s2)c(C)c1C. The van der Waals surface area contributed by atoms with Crippen molar-refractivity contribution in [2.75, 3.05) is 7.11 Å². The van der Waals surface area contributed by atoms with Gasteiger partial charge in [-0.15, -0.1) is 0 Å². The lowest BCUT2D eigenvalue weighted by molar-refractivity contribution is -0.380. The first-order valence-electron chi connectivity index (χ1n) is 6.16. The van der Waals surface area contributed by atoms with Gasteiger partial charge in [0.05, 0.1) is 12.0 Å². The van der Waals surface area contributed by atoms with Crippen LogP contribution in [-0.2, 0) is 0 Å². The van der Waals surface area contributed by atoms with E-state index < -0.39 is 4.92 Å². The van der Waals surface area contributed by atoms with Crippen molar-refractivity contribution in [3.8, 4) is 5.75 Å². The van der Waals surface area contributed by atoms with Gasteiger partial charge in [0.2, 0.25) is 5.78 Å². The lowest BCUT2D eigenvalue weighted by Crippen LogP contribution is -2.08. The van der Waals surface area contributed by atoms with E-state index in [1.165, 1.54) is 0 Å². The Kier molecular flexibility index (Phi) is 4.04. The van der Waals surface area contributed by atoms with Crippen LogP contribution in [0.15, 0.2) is 12.3 Å². The van der Waals surface area contributed by atoms with E-state index in [0.717, 1.165) is 34.2 Å². The molecule has 1 heterocycles. The Bertz CT molecular complexity index is 737. The molecule has 1 aromatic heterocycles. The molecule has 6 nitrogen and oxygen atoms in total. The van der Waals surface area contributed by atoms with E-state index in [0.29, 0.717) is 11.3 Å². The summed E-state index contributed by atoms with van der Waals surface area (Å²) in [6, 6.07) is 1.79. The fourth-order valence-electron chi connectivity index (χ4n) is 2.17. The predicted molar refractivity (Wildman–Crippen MR) is 79.4 cm³/mol. The molecule has 2 rings (SSSR count). The highest BCUT2D eigenvalue weighted by Crippen LogP contribution is 2.31. The number of benzene rings is 1. The Morgan fingerprint density at radius 1 is 1.33 bits per heavy atom. The molecule has 0 fully saturated rings. The van der Waals surface area contributed by atoms with E-state index in [9.17, 15) is 14.9 Å². The van der Waals surface area contributed by atoms with Gasteiger partial charge in [-0.25, -0.2) is 4.98 Å². The van der Waals surface area contributed by atoms with E-state index in [2.05, 4.69) is 4.98 Å². The van der Waals surface area contributed by atoms with Crippen LogP contribution < -0.4 is 4.74 Å². The maximum absolute atomic E-state index is 12.6. The van der Waals surface area contributed by atoms with Crippen LogP contribution in [0.1, 0.15) is 32.1 Å². The minimum atomic E-state index is -0.548. The molecule has 0 N–H and O–H groups in total. The summed E-state index contributed by atoms with van der Waals surface area (Å²) in [5, 5.41) is 10.7. The first kappa shape index (κ1) is 15.1. The first-order valence-corrected chi connectivity index (χ1v) is 6.98. The molecule has 0 spiro atoms. The highest BCUT2D eigenvalue weighted by Gasteiger charge is 2.23. The molecule has 0 saturated carbocycles. The molecule has 0 amide bonds. The molecule has 0 bridgehead atoms. The van der Waals surface area contributed by atoms with Gasteiger partial charge in [0.1, 0.15) is 11.9 Å². The minimum absolute atomic E-state index is 0.123. The van der Waals surface area contributed by atoms with E-state index in [1.54, 1.807) is 13.2 Å². The van der Waals surface area contributed by atoms with Gasteiger partial charge in [-0.2, -0.15) is 0 Å². The molecule has 2 aromatic rings. The van der Waals surface area contributed by atoms with E-state index >= 15 is 0 Å². The van der Waals surface area contributed by atoms with Crippen LogP contribution in [0.3, 0.4) is 0 Å². The number of hydrogen-bond donors (Lipinski definition) is 0. The van der Waals surface area contributed by atoms with Gasteiger partial charge in [0.25, 0.3) is 0 Å². The Balaban J connectivity index is 2.53. The van der Waals surface area contributed by atoms with E-state index in [-0.39, 0.29) is 15.8 Å². The normalized spacial score (nSPS) is 10.5. The maximum Gasteiger partial charge on any atom is 0.344 e. The number of ketones is 1. The van der Waals surface area contributed by atoms with Gasteiger partial charge in [0.15, 0.2) is 5.01 Å². The minimum Gasteiger partial charge on any atom is -0.496 e. The second kappa shape index (κ2) is 5.61. The molecular formula is C14H14N2O4S. The van der Waals surface area contributed by atoms with Crippen LogP contribution in [0, 0.1) is 30.9 Å². The largest absolute Gasteiger partial charge is 0.496 e. The smallest absolute Gasteiger partial charge is 0.344 e. The van der Waals surface area contributed by atoms with Gasteiger partial charge >= 0.3 is 5.00 Å². The van der Waals surface area contributed by atoms with Crippen LogP contribution >= 0.6 is 11.3 Å². The Morgan fingerprint density at radius 2 is 2.00 bits per heavy atom. The number of nitro groups is 1. The zero-order valence-electron chi connectivity index (χ0n) is 12.1. The first-order chi connectivity index (χ1) is 9.86. The number of thiazole rings is 1. The van der Waals surface area contributed by atoms with Crippen molar-refractivity contribution in [2.24, 2.45) is 0 Å². The molecule has 0 radical (unpaired) electrons. The molecule has 21 heavy (non-hydrogen) atoms. The molecule has 0 saturated heterocycles. The zero-order chi connectivity index (χ0) is 15.7. The van der Waals surface area contributed by atoms with Gasteiger partial charge in [-0.05, 0) is 54.9 Å². The van der Waals surface area contributed by atoms with Crippen LogP contribution in [-0.4, -0.2) is 22.8 Å². The summed E-state index contributed by atoms with van der Waals surface area (Å²) >= 11 is 0.786. The number of carbonyl (C=O) groups is 1. The van der Waals surface area contributed by atoms with Gasteiger partial charge < -0.3 is 4.74 Å². The Morgan fingerprint density at radius 3 is 2.52 bits per heavy atom. The van der Waals surface area contributed by atoms with Crippen molar-refractivity contribution < 1.29 is 14.5 Å². The summed E-state index contributed by atoms with van der Waals surface area (Å²) in [4.78, 5) is 26.6. The van der Waals surface area contributed by atoms with Gasteiger partial charge in [0, 0.05) is 5.56 Å². The summed E-state index contributed by atoms with van der Waals surface area (Å²) in [6.45, 7) is 5.51. The number of carbonyl (C=O) groups excluding carboxylic acids is 1. The number of aryl methyl sites for hydroxylation is 1. The van der Waals surface area contributed by atoms with Crippen molar-refractivity contribution in [1.29, 1.82) is 0 Å².